The molecule has 14 nitrogen and oxygen atoms in total. The Morgan fingerprint density at radius 3 is 2.56 bits per heavy atom. The normalized spacial score (nSPS) is 17.5. The topological polar surface area (TPSA) is 184 Å². The number of hydrogen-bond donors (Lipinski definition) is 5. The Morgan fingerprint density at radius 1 is 1.24 bits per heavy atom. The highest BCUT2D eigenvalue weighted by Crippen LogP contribution is 2.41. The van der Waals surface area contributed by atoms with Gasteiger partial charge in [-0.25, -0.2) is 18.9 Å². The number of halogens is 1. The number of aromatic nitrogens is 1. The fourth-order valence-electron chi connectivity index (χ4n) is 4.02. The number of phosphoric acid groups is 1. The Bertz CT molecular complexity index is 1410. The number of fused-ring (bicyclic) bond motifs is 1. The molecule has 0 aliphatic carbocycles. The van der Waals surface area contributed by atoms with Gasteiger partial charge in [0.05, 0.1) is 13.2 Å². The van der Waals surface area contributed by atoms with Crippen LogP contribution in [0.2, 0.25) is 0 Å². The smallest absolute Gasteiger partial charge is 0.471 e. The monoisotopic (exact) mass is 591 g/mol. The van der Waals surface area contributed by atoms with Gasteiger partial charge < -0.3 is 40.5 Å². The van der Waals surface area contributed by atoms with Crippen molar-refractivity contribution in [1.82, 2.24) is 4.98 Å². The molecule has 6 N–H and O–H groups in total. The van der Waals surface area contributed by atoms with Crippen molar-refractivity contribution in [1.29, 1.82) is 0 Å². The van der Waals surface area contributed by atoms with Gasteiger partial charge in [-0.15, -0.1) is 0 Å². The summed E-state index contributed by atoms with van der Waals surface area (Å²) in [7, 11) is -4.91. The number of hydrogen-bond acceptors (Lipinski definition) is 10. The number of nitrogens with two attached hydrogens (primary N) is 1. The zero-order chi connectivity index (χ0) is 29.8. The number of phosphoric ester groups is 1. The molecule has 1 saturated heterocycles. The number of morpholine rings is 1. The lowest BCUT2D eigenvalue weighted by Crippen LogP contribution is -2.53. The van der Waals surface area contributed by atoms with E-state index in [1.807, 2.05) is 24.3 Å². The summed E-state index contributed by atoms with van der Waals surface area (Å²) in [6.07, 6.45) is 0.698. The van der Waals surface area contributed by atoms with E-state index in [9.17, 15) is 13.8 Å². The predicted molar refractivity (Wildman–Crippen MR) is 151 cm³/mol. The molecule has 0 atom stereocenters. The van der Waals surface area contributed by atoms with Gasteiger partial charge in [0.25, 0.3) is 5.91 Å². The molecule has 0 saturated carbocycles. The number of ether oxygens (including phenoxy) is 2. The van der Waals surface area contributed by atoms with Gasteiger partial charge in [-0.2, -0.15) is 0 Å². The van der Waals surface area contributed by atoms with Crippen molar-refractivity contribution in [3.63, 3.8) is 0 Å². The lowest BCUT2D eigenvalue weighted by molar-refractivity contribution is -0.133. The van der Waals surface area contributed by atoms with Crippen molar-refractivity contribution in [2.24, 2.45) is 10.7 Å². The average Bonchev–Trinajstić information content (AvgIpc) is 2.93. The van der Waals surface area contributed by atoms with Crippen molar-refractivity contribution in [3.8, 4) is 5.75 Å². The Labute approximate surface area is 235 Å². The van der Waals surface area contributed by atoms with E-state index in [1.54, 1.807) is 0 Å². The Kier molecular flexibility index (Phi) is 8.95. The van der Waals surface area contributed by atoms with Gasteiger partial charge in [0, 0.05) is 30.7 Å². The SMILES string of the molecule is C=C(/N=C(Nc1ccc2c(n1)N(COP(=O)(O)O)C(=O)C(C)(C)O2)\C(F)=C/N)Nc1ccc(N2CCOCC2)cc1. The van der Waals surface area contributed by atoms with Crippen LogP contribution in [0.3, 0.4) is 0 Å². The van der Waals surface area contributed by atoms with Crippen molar-refractivity contribution in [3.05, 3.63) is 60.8 Å². The van der Waals surface area contributed by atoms with E-state index in [0.717, 1.165) is 23.7 Å². The first-order valence-electron chi connectivity index (χ1n) is 12.4. The van der Waals surface area contributed by atoms with Gasteiger partial charge in [-0.1, -0.05) is 6.58 Å². The number of anilines is 4. The van der Waals surface area contributed by atoms with Crippen molar-refractivity contribution >= 4 is 42.6 Å². The second-order valence-corrected chi connectivity index (χ2v) is 10.7. The molecule has 0 radical (unpaired) electrons. The molecular weight excluding hydrogens is 560 g/mol. The van der Waals surface area contributed by atoms with Crippen LogP contribution in [0.5, 0.6) is 5.75 Å². The molecule has 1 aromatic heterocycles. The molecule has 220 valence electrons. The molecule has 1 aromatic carbocycles. The first-order chi connectivity index (χ1) is 19.4. The van der Waals surface area contributed by atoms with E-state index in [-0.39, 0.29) is 29.0 Å². The highest BCUT2D eigenvalue weighted by atomic mass is 31.2. The van der Waals surface area contributed by atoms with E-state index >= 15 is 0 Å². The van der Waals surface area contributed by atoms with E-state index in [0.29, 0.717) is 25.1 Å². The van der Waals surface area contributed by atoms with Crippen molar-refractivity contribution < 1.29 is 37.5 Å². The summed E-state index contributed by atoms with van der Waals surface area (Å²) >= 11 is 0. The number of carbonyl (C=O) groups excluding carboxylic acids is 1. The minimum Gasteiger partial charge on any atom is -0.474 e. The van der Waals surface area contributed by atoms with Crippen LogP contribution in [-0.2, 0) is 18.6 Å². The van der Waals surface area contributed by atoms with Crippen LogP contribution in [0, 0.1) is 0 Å². The number of carbonyl (C=O) groups is 1. The highest BCUT2D eigenvalue weighted by Gasteiger charge is 2.42. The molecule has 2 aliphatic heterocycles. The zero-order valence-electron chi connectivity index (χ0n) is 22.4. The first-order valence-corrected chi connectivity index (χ1v) is 13.9. The van der Waals surface area contributed by atoms with Crippen molar-refractivity contribution in [2.45, 2.75) is 19.4 Å². The number of rotatable bonds is 9. The maximum atomic E-state index is 14.7. The number of nitrogens with one attached hydrogen (secondary N) is 2. The van der Waals surface area contributed by atoms with Gasteiger partial charge in [0.15, 0.2) is 28.8 Å². The molecule has 0 spiro atoms. The quantitative estimate of drug-likeness (QED) is 0.163. The number of pyridine rings is 1. The number of aliphatic imine (C=N–C) groups is 1. The van der Waals surface area contributed by atoms with Crippen LogP contribution < -0.4 is 30.9 Å². The summed E-state index contributed by atoms with van der Waals surface area (Å²) in [4.78, 5) is 42.7. The molecule has 41 heavy (non-hydrogen) atoms. The molecule has 4 rings (SSSR count). The Balaban J connectivity index is 1.53. The predicted octanol–water partition coefficient (Wildman–Crippen LogP) is 2.65. The third kappa shape index (κ3) is 7.60. The number of amides is 1. The summed E-state index contributed by atoms with van der Waals surface area (Å²) in [6.45, 7) is 8.93. The average molecular weight is 592 g/mol. The molecule has 1 fully saturated rings. The highest BCUT2D eigenvalue weighted by molar-refractivity contribution is 7.46. The molecule has 2 aromatic rings. The van der Waals surface area contributed by atoms with Crippen LogP contribution in [0.25, 0.3) is 0 Å². The van der Waals surface area contributed by atoms with Crippen LogP contribution in [0.1, 0.15) is 13.8 Å². The fraction of sp³-hybridized carbons (Fsp3) is 0.320. The summed E-state index contributed by atoms with van der Waals surface area (Å²) in [5.74, 6) is -1.81. The maximum absolute atomic E-state index is 14.7. The van der Waals surface area contributed by atoms with Crippen LogP contribution >= 0.6 is 7.82 Å². The minimum atomic E-state index is -4.91. The van der Waals surface area contributed by atoms with Crippen LogP contribution in [-0.4, -0.2) is 65.1 Å². The van der Waals surface area contributed by atoms with E-state index in [1.165, 1.54) is 26.0 Å². The molecule has 1 amide bonds. The standard InChI is InChI=1S/C25H31FN7O7P/c1-16(28-17-4-6-18(7-5-17)32-10-12-38-13-11-32)29-22(19(26)14-27)30-21-9-8-20-23(31-21)33(15-39-41(35,36)37)24(34)25(2,3)40-20/h4-9,14,28H,1,10-13,15,27H2,2-3H3,(H,29,30,31)(H2,35,36,37)/b19-14+. The second-order valence-electron chi connectivity index (χ2n) is 9.43. The summed E-state index contributed by atoms with van der Waals surface area (Å²) < 4.78 is 41.6. The summed E-state index contributed by atoms with van der Waals surface area (Å²) in [5.41, 5.74) is 5.73. The Hall–Kier alpha value is -4.01. The molecule has 2 aliphatic rings. The van der Waals surface area contributed by atoms with Gasteiger partial charge in [0.1, 0.15) is 18.4 Å². The van der Waals surface area contributed by atoms with E-state index in [2.05, 4.69) is 36.6 Å². The fourth-order valence-corrected chi connectivity index (χ4v) is 4.28. The molecule has 3 heterocycles. The summed E-state index contributed by atoms with van der Waals surface area (Å²) in [5, 5.41) is 5.67. The number of amidine groups is 1. The summed E-state index contributed by atoms with van der Waals surface area (Å²) in [6, 6.07) is 10.4. The van der Waals surface area contributed by atoms with Gasteiger partial charge in [0.2, 0.25) is 0 Å². The minimum absolute atomic E-state index is 0.0134. The van der Waals surface area contributed by atoms with Gasteiger partial charge >= 0.3 is 7.82 Å². The van der Waals surface area contributed by atoms with Crippen LogP contribution in [0.4, 0.5) is 27.4 Å². The molecule has 0 bridgehead atoms. The van der Waals surface area contributed by atoms with E-state index < -0.39 is 31.9 Å². The molecule has 16 heteroatoms. The van der Waals surface area contributed by atoms with Gasteiger partial charge in [-0.05, 0) is 50.2 Å². The van der Waals surface area contributed by atoms with E-state index in [4.69, 9.17) is 25.0 Å². The molecule has 0 unspecified atom stereocenters. The van der Waals surface area contributed by atoms with Crippen LogP contribution in [0.15, 0.2) is 65.8 Å². The third-order valence-electron chi connectivity index (χ3n) is 5.97. The van der Waals surface area contributed by atoms with Crippen molar-refractivity contribution in [2.75, 3.05) is 53.5 Å². The Morgan fingerprint density at radius 2 is 1.93 bits per heavy atom. The number of nitrogens with zero attached hydrogens (tertiary/aromatic N) is 4. The second kappa shape index (κ2) is 12.2. The molecular formula is C25H31FN7O7P. The van der Waals surface area contributed by atoms with Gasteiger partial charge in [-0.3, -0.25) is 14.2 Å². The maximum Gasteiger partial charge on any atom is 0.471 e. The lowest BCUT2D eigenvalue weighted by atomic mass is 10.1. The first kappa shape index (κ1) is 30.0. The largest absolute Gasteiger partial charge is 0.474 e. The third-order valence-corrected chi connectivity index (χ3v) is 6.43. The lowest BCUT2D eigenvalue weighted by Gasteiger charge is -2.37. The zero-order valence-corrected chi connectivity index (χ0v) is 23.3. The number of benzene rings is 1.